The van der Waals surface area contributed by atoms with Gasteiger partial charge < -0.3 is 15.5 Å². The van der Waals surface area contributed by atoms with Crippen molar-refractivity contribution in [2.24, 2.45) is 0 Å². The zero-order valence-electron chi connectivity index (χ0n) is 15.9. The Labute approximate surface area is 169 Å². The predicted molar refractivity (Wildman–Crippen MR) is 115 cm³/mol. The third kappa shape index (κ3) is 4.53. The van der Waals surface area contributed by atoms with Gasteiger partial charge in [0.15, 0.2) is 0 Å². The van der Waals surface area contributed by atoms with Crippen LogP contribution in [0.3, 0.4) is 0 Å². The van der Waals surface area contributed by atoms with Crippen LogP contribution >= 0.6 is 0 Å². The minimum Gasteiger partial charge on any atom is -0.372 e. The zero-order chi connectivity index (χ0) is 20.1. The molecule has 1 saturated heterocycles. The molecule has 0 unspecified atom stereocenters. The highest BCUT2D eigenvalue weighted by Crippen LogP contribution is 2.23. The predicted octanol–water partition coefficient (Wildman–Crippen LogP) is 4.55. The number of carbonyl (C=O) groups excluding carboxylic acids is 1. The highest BCUT2D eigenvalue weighted by Gasteiger charge is 2.12. The van der Waals surface area contributed by atoms with Gasteiger partial charge in [0.25, 0.3) is 5.91 Å². The van der Waals surface area contributed by atoms with Crippen molar-refractivity contribution in [1.29, 1.82) is 5.26 Å². The fourth-order valence-corrected chi connectivity index (χ4v) is 3.39. The summed E-state index contributed by atoms with van der Waals surface area (Å²) in [6.07, 6.45) is 4.10. The number of benzene rings is 2. The highest BCUT2D eigenvalue weighted by atomic mass is 16.1. The number of hydrogen-bond acceptors (Lipinski definition) is 5. The Morgan fingerprint density at radius 3 is 2.55 bits per heavy atom. The fourth-order valence-electron chi connectivity index (χ4n) is 3.39. The number of aromatic nitrogens is 1. The molecule has 3 aromatic rings. The molecule has 4 rings (SSSR count). The summed E-state index contributed by atoms with van der Waals surface area (Å²) in [5, 5.41) is 15.0. The van der Waals surface area contributed by atoms with Gasteiger partial charge in [-0.15, -0.1) is 0 Å². The SMILES string of the molecule is N#Cc1cccc(NC(=O)c2ccnc(Nc3ccc(N4CCCC4)cc3)c2)c1. The van der Waals surface area contributed by atoms with Crippen molar-refractivity contribution >= 4 is 28.8 Å². The average Bonchev–Trinajstić information content (AvgIpc) is 3.29. The molecule has 1 aliphatic rings. The molecule has 6 nitrogen and oxygen atoms in total. The Bertz CT molecular complexity index is 1050. The number of nitrogens with zero attached hydrogens (tertiary/aromatic N) is 3. The molecule has 1 aliphatic heterocycles. The fraction of sp³-hybridized carbons (Fsp3) is 0.174. The molecule has 0 aliphatic carbocycles. The van der Waals surface area contributed by atoms with E-state index in [4.69, 9.17) is 5.26 Å². The third-order valence-corrected chi connectivity index (χ3v) is 4.88. The molecule has 1 aromatic heterocycles. The van der Waals surface area contributed by atoms with Crippen LogP contribution in [0.15, 0.2) is 66.9 Å². The van der Waals surface area contributed by atoms with E-state index in [1.165, 1.54) is 18.5 Å². The van der Waals surface area contributed by atoms with Crippen molar-refractivity contribution in [2.75, 3.05) is 28.6 Å². The highest BCUT2D eigenvalue weighted by molar-refractivity contribution is 6.04. The first-order valence-electron chi connectivity index (χ1n) is 9.61. The number of anilines is 4. The van der Waals surface area contributed by atoms with Gasteiger partial charge in [-0.1, -0.05) is 6.07 Å². The number of amides is 1. The Morgan fingerprint density at radius 2 is 1.79 bits per heavy atom. The first-order valence-corrected chi connectivity index (χ1v) is 9.61. The van der Waals surface area contributed by atoms with E-state index in [2.05, 4.69) is 38.7 Å². The summed E-state index contributed by atoms with van der Waals surface area (Å²) in [6.45, 7) is 2.23. The molecule has 0 atom stereocenters. The van der Waals surface area contributed by atoms with Gasteiger partial charge in [0.2, 0.25) is 0 Å². The van der Waals surface area contributed by atoms with Crippen molar-refractivity contribution in [3.05, 3.63) is 78.0 Å². The second-order valence-corrected chi connectivity index (χ2v) is 6.94. The standard InChI is InChI=1S/C23H21N5O/c24-16-17-4-3-5-20(14-17)27-23(29)18-10-11-25-22(15-18)26-19-6-8-21(9-7-19)28-12-1-2-13-28/h3-11,14-15H,1-2,12-13H2,(H,25,26)(H,27,29). The maximum Gasteiger partial charge on any atom is 0.255 e. The lowest BCUT2D eigenvalue weighted by molar-refractivity contribution is 0.102. The lowest BCUT2D eigenvalue weighted by Gasteiger charge is -2.18. The summed E-state index contributed by atoms with van der Waals surface area (Å²) in [6, 6.07) is 20.5. The van der Waals surface area contributed by atoms with Crippen LogP contribution in [0.25, 0.3) is 0 Å². The van der Waals surface area contributed by atoms with Crippen LogP contribution in [0.1, 0.15) is 28.8 Å². The molecular weight excluding hydrogens is 362 g/mol. The maximum atomic E-state index is 12.6. The van der Waals surface area contributed by atoms with Crippen LogP contribution in [-0.4, -0.2) is 24.0 Å². The summed E-state index contributed by atoms with van der Waals surface area (Å²) >= 11 is 0. The molecule has 0 bridgehead atoms. The second-order valence-electron chi connectivity index (χ2n) is 6.94. The van der Waals surface area contributed by atoms with Crippen molar-refractivity contribution in [3.8, 4) is 6.07 Å². The first-order chi connectivity index (χ1) is 14.2. The van der Waals surface area contributed by atoms with Gasteiger partial charge in [-0.2, -0.15) is 5.26 Å². The van der Waals surface area contributed by atoms with Crippen LogP contribution in [0.4, 0.5) is 22.9 Å². The van der Waals surface area contributed by atoms with E-state index >= 15 is 0 Å². The Morgan fingerprint density at radius 1 is 1.00 bits per heavy atom. The van der Waals surface area contributed by atoms with E-state index in [9.17, 15) is 4.79 Å². The number of rotatable bonds is 5. The normalized spacial score (nSPS) is 13.0. The van der Waals surface area contributed by atoms with Gasteiger partial charge in [0.1, 0.15) is 5.82 Å². The van der Waals surface area contributed by atoms with E-state index in [1.54, 1.807) is 42.6 Å². The number of pyridine rings is 1. The van der Waals surface area contributed by atoms with Gasteiger partial charge in [-0.3, -0.25) is 4.79 Å². The van der Waals surface area contributed by atoms with Gasteiger partial charge >= 0.3 is 0 Å². The topological polar surface area (TPSA) is 81.0 Å². The van der Waals surface area contributed by atoms with E-state index in [0.29, 0.717) is 22.6 Å². The molecule has 1 fully saturated rings. The lowest BCUT2D eigenvalue weighted by Crippen LogP contribution is -2.17. The number of nitrogens with one attached hydrogen (secondary N) is 2. The van der Waals surface area contributed by atoms with Crippen LogP contribution in [0.5, 0.6) is 0 Å². The molecule has 0 saturated carbocycles. The average molecular weight is 383 g/mol. The summed E-state index contributed by atoms with van der Waals surface area (Å²) in [4.78, 5) is 19.2. The first kappa shape index (κ1) is 18.5. The number of nitriles is 1. The monoisotopic (exact) mass is 383 g/mol. The van der Waals surface area contributed by atoms with Crippen molar-refractivity contribution < 1.29 is 4.79 Å². The molecule has 2 aromatic carbocycles. The number of hydrogen-bond donors (Lipinski definition) is 2. The molecule has 1 amide bonds. The van der Waals surface area contributed by atoms with Gasteiger partial charge in [0.05, 0.1) is 11.6 Å². The summed E-state index contributed by atoms with van der Waals surface area (Å²) < 4.78 is 0. The zero-order valence-corrected chi connectivity index (χ0v) is 15.9. The van der Waals surface area contributed by atoms with E-state index in [1.807, 2.05) is 12.1 Å². The van der Waals surface area contributed by atoms with Crippen LogP contribution in [0, 0.1) is 11.3 Å². The molecule has 144 valence electrons. The molecule has 29 heavy (non-hydrogen) atoms. The van der Waals surface area contributed by atoms with Crippen LogP contribution in [-0.2, 0) is 0 Å². The quantitative estimate of drug-likeness (QED) is 0.676. The number of carbonyl (C=O) groups is 1. The van der Waals surface area contributed by atoms with Crippen molar-refractivity contribution in [2.45, 2.75) is 12.8 Å². The molecule has 2 heterocycles. The van der Waals surface area contributed by atoms with Crippen molar-refractivity contribution in [3.63, 3.8) is 0 Å². The maximum absolute atomic E-state index is 12.6. The Hall–Kier alpha value is -3.85. The molecule has 2 N–H and O–H groups in total. The Kier molecular flexibility index (Phi) is 5.39. The van der Waals surface area contributed by atoms with E-state index < -0.39 is 0 Å². The van der Waals surface area contributed by atoms with Gasteiger partial charge in [-0.05, 0) is 67.4 Å². The van der Waals surface area contributed by atoms with Gasteiger partial charge in [-0.25, -0.2) is 4.98 Å². The third-order valence-electron chi connectivity index (χ3n) is 4.88. The minimum absolute atomic E-state index is 0.255. The van der Waals surface area contributed by atoms with Crippen LogP contribution < -0.4 is 15.5 Å². The largest absolute Gasteiger partial charge is 0.372 e. The van der Waals surface area contributed by atoms with E-state index in [0.717, 1.165) is 18.8 Å². The summed E-state index contributed by atoms with van der Waals surface area (Å²) in [5.41, 5.74) is 3.71. The smallest absolute Gasteiger partial charge is 0.255 e. The Balaban J connectivity index is 1.44. The van der Waals surface area contributed by atoms with Crippen molar-refractivity contribution in [1.82, 2.24) is 4.98 Å². The minimum atomic E-state index is -0.255. The van der Waals surface area contributed by atoms with Crippen LogP contribution in [0.2, 0.25) is 0 Å². The van der Waals surface area contributed by atoms with Gasteiger partial charge in [0, 0.05) is 41.9 Å². The lowest BCUT2D eigenvalue weighted by atomic mass is 10.2. The summed E-state index contributed by atoms with van der Waals surface area (Å²) in [5.74, 6) is 0.340. The molecule has 0 spiro atoms. The molecular formula is C23H21N5O. The summed E-state index contributed by atoms with van der Waals surface area (Å²) in [7, 11) is 0. The molecule has 0 radical (unpaired) electrons. The van der Waals surface area contributed by atoms with E-state index in [-0.39, 0.29) is 5.91 Å². The second kappa shape index (κ2) is 8.44. The molecule has 6 heteroatoms.